The third-order valence-corrected chi connectivity index (χ3v) is 5.48. The van der Waals surface area contributed by atoms with Crippen molar-refractivity contribution < 1.29 is 19.1 Å². The maximum atomic E-state index is 12.3. The zero-order valence-corrected chi connectivity index (χ0v) is 17.5. The summed E-state index contributed by atoms with van der Waals surface area (Å²) in [6.45, 7) is 9.72. The number of fused-ring (bicyclic) bond motifs is 3. The molecule has 0 aromatic heterocycles. The van der Waals surface area contributed by atoms with E-state index in [-0.39, 0.29) is 18.8 Å². The lowest BCUT2D eigenvalue weighted by Crippen LogP contribution is -2.30. The van der Waals surface area contributed by atoms with Crippen LogP contribution in [0.3, 0.4) is 0 Å². The molecule has 3 rings (SSSR count). The van der Waals surface area contributed by atoms with Crippen molar-refractivity contribution in [2.45, 2.75) is 25.2 Å². The number of nitrogens with zero attached hydrogens (tertiary/aromatic N) is 3. The van der Waals surface area contributed by atoms with Gasteiger partial charge >= 0.3 is 11.9 Å². The minimum Gasteiger partial charge on any atom is -0.462 e. The van der Waals surface area contributed by atoms with E-state index in [0.717, 1.165) is 40.9 Å². The van der Waals surface area contributed by atoms with Crippen molar-refractivity contribution in [2.75, 3.05) is 42.6 Å². The van der Waals surface area contributed by atoms with Gasteiger partial charge in [0.05, 0.1) is 18.9 Å². The molecule has 29 heavy (non-hydrogen) atoms. The van der Waals surface area contributed by atoms with E-state index in [2.05, 4.69) is 16.5 Å². The molecule has 0 bridgehead atoms. The van der Waals surface area contributed by atoms with Gasteiger partial charge in [-0.1, -0.05) is 6.08 Å². The second kappa shape index (κ2) is 9.65. The molecule has 2 heterocycles. The molecule has 1 aromatic rings. The van der Waals surface area contributed by atoms with Crippen molar-refractivity contribution in [3.8, 4) is 0 Å². The van der Waals surface area contributed by atoms with Crippen LogP contribution < -0.4 is 9.80 Å². The van der Waals surface area contributed by atoms with Crippen LogP contribution in [0.2, 0.25) is 0 Å². The average Bonchev–Trinajstić information content (AvgIpc) is 3.09. The summed E-state index contributed by atoms with van der Waals surface area (Å²) < 4.78 is 10.1. The van der Waals surface area contributed by atoms with E-state index in [9.17, 15) is 9.59 Å². The summed E-state index contributed by atoms with van der Waals surface area (Å²) in [5.74, 6) is -1.41. The lowest BCUT2D eigenvalue weighted by Gasteiger charge is -2.25. The van der Waals surface area contributed by atoms with Gasteiger partial charge in [0.25, 0.3) is 0 Å². The van der Waals surface area contributed by atoms with Crippen LogP contribution in [0.25, 0.3) is 0 Å². The number of ether oxygens (including phenoxy) is 2. The van der Waals surface area contributed by atoms with E-state index in [4.69, 9.17) is 9.47 Å². The first-order chi connectivity index (χ1) is 14.1. The zero-order valence-electron chi connectivity index (χ0n) is 16.7. The van der Waals surface area contributed by atoms with Gasteiger partial charge in [0.15, 0.2) is 10.7 Å². The number of anilines is 2. The number of hydrogen-bond donors (Lipinski definition) is 0. The predicted octanol–water partition coefficient (Wildman–Crippen LogP) is 3.36. The van der Waals surface area contributed by atoms with Gasteiger partial charge in [-0.05, 0) is 50.2 Å². The van der Waals surface area contributed by atoms with Crippen LogP contribution in [0.15, 0.2) is 52.5 Å². The summed E-state index contributed by atoms with van der Waals surface area (Å²) in [4.78, 5) is 34.4. The predicted molar refractivity (Wildman–Crippen MR) is 115 cm³/mol. The molecule has 0 saturated heterocycles. The number of benzene rings is 1. The highest BCUT2D eigenvalue weighted by molar-refractivity contribution is 8.14. The van der Waals surface area contributed by atoms with Crippen LogP contribution in [-0.4, -0.2) is 50.0 Å². The molecule has 0 fully saturated rings. The molecule has 2 aliphatic heterocycles. The van der Waals surface area contributed by atoms with Crippen LogP contribution in [0.5, 0.6) is 0 Å². The Morgan fingerprint density at radius 3 is 2.66 bits per heavy atom. The Balaban J connectivity index is 1.96. The topological polar surface area (TPSA) is 71.4 Å². The lowest BCUT2D eigenvalue weighted by molar-refractivity contribution is -0.146. The minimum atomic E-state index is -0.706. The summed E-state index contributed by atoms with van der Waals surface area (Å²) in [5.41, 5.74) is 1.77. The van der Waals surface area contributed by atoms with Gasteiger partial charge in [-0.3, -0.25) is 4.99 Å². The first-order valence-electron chi connectivity index (χ1n) is 9.66. The van der Waals surface area contributed by atoms with E-state index >= 15 is 0 Å². The second-order valence-electron chi connectivity index (χ2n) is 6.35. The molecule has 0 spiro atoms. The van der Waals surface area contributed by atoms with Crippen molar-refractivity contribution in [3.05, 3.63) is 42.6 Å². The number of amidine groups is 1. The fourth-order valence-electron chi connectivity index (χ4n) is 3.11. The molecule has 8 heteroatoms. The van der Waals surface area contributed by atoms with Crippen molar-refractivity contribution in [1.82, 2.24) is 0 Å². The minimum absolute atomic E-state index is 0.148. The SMILES string of the molecule is C=CCN(C=C(C(=O)OCC)C(=O)OCC)c1ccc2c(c1)N1CCCN=C1S2. The summed E-state index contributed by atoms with van der Waals surface area (Å²) >= 11 is 1.66. The Labute approximate surface area is 175 Å². The Hall–Kier alpha value is -2.74. The summed E-state index contributed by atoms with van der Waals surface area (Å²) in [6, 6.07) is 6.04. The number of hydrogen-bond acceptors (Lipinski definition) is 8. The second-order valence-corrected chi connectivity index (χ2v) is 7.36. The Morgan fingerprint density at radius 2 is 2.00 bits per heavy atom. The van der Waals surface area contributed by atoms with Gasteiger partial charge in [0.1, 0.15) is 0 Å². The monoisotopic (exact) mass is 415 g/mol. The largest absolute Gasteiger partial charge is 0.462 e. The maximum absolute atomic E-state index is 12.3. The molecule has 0 aliphatic carbocycles. The Bertz CT molecular complexity index is 845. The number of aliphatic imine (C=N–C) groups is 1. The van der Waals surface area contributed by atoms with Gasteiger partial charge < -0.3 is 19.3 Å². The quantitative estimate of drug-likeness (QED) is 0.212. The first-order valence-corrected chi connectivity index (χ1v) is 10.5. The number of thioether (sulfide) groups is 1. The van der Waals surface area contributed by atoms with E-state index in [1.807, 2.05) is 18.2 Å². The van der Waals surface area contributed by atoms with Crippen molar-refractivity contribution in [2.24, 2.45) is 4.99 Å². The highest BCUT2D eigenvalue weighted by Crippen LogP contribution is 2.43. The number of carbonyl (C=O) groups is 2. The van der Waals surface area contributed by atoms with E-state index < -0.39 is 11.9 Å². The third kappa shape index (κ3) is 4.64. The summed E-state index contributed by atoms with van der Waals surface area (Å²) in [6.07, 6.45) is 4.20. The first kappa shape index (κ1) is 21.0. The fraction of sp³-hybridized carbons (Fsp3) is 0.381. The molecule has 7 nitrogen and oxygen atoms in total. The van der Waals surface area contributed by atoms with Crippen LogP contribution in [0.1, 0.15) is 20.3 Å². The Morgan fingerprint density at radius 1 is 1.28 bits per heavy atom. The van der Waals surface area contributed by atoms with E-state index in [0.29, 0.717) is 6.54 Å². The van der Waals surface area contributed by atoms with Crippen LogP contribution in [-0.2, 0) is 19.1 Å². The molecule has 154 valence electrons. The average molecular weight is 416 g/mol. The van der Waals surface area contributed by atoms with Gasteiger partial charge in [0, 0.05) is 36.4 Å². The van der Waals surface area contributed by atoms with Gasteiger partial charge in [0.2, 0.25) is 0 Å². The number of carbonyl (C=O) groups excluding carboxylic acids is 2. The summed E-state index contributed by atoms with van der Waals surface area (Å²) in [5, 5.41) is 1.02. The molecule has 0 saturated carbocycles. The highest BCUT2D eigenvalue weighted by Gasteiger charge is 2.29. The van der Waals surface area contributed by atoms with Crippen LogP contribution >= 0.6 is 11.8 Å². The van der Waals surface area contributed by atoms with E-state index in [1.165, 1.54) is 6.20 Å². The van der Waals surface area contributed by atoms with Crippen molar-refractivity contribution >= 4 is 40.2 Å². The highest BCUT2D eigenvalue weighted by atomic mass is 32.2. The normalized spacial score (nSPS) is 14.3. The smallest absolute Gasteiger partial charge is 0.347 e. The molecule has 0 amide bonds. The van der Waals surface area contributed by atoms with E-state index in [1.54, 1.807) is 36.6 Å². The zero-order chi connectivity index (χ0) is 20.8. The Kier molecular flexibility index (Phi) is 6.98. The van der Waals surface area contributed by atoms with Gasteiger partial charge in [-0.25, -0.2) is 9.59 Å². The molecule has 1 aromatic carbocycles. The standard InChI is InChI=1S/C21H25N3O4S/c1-4-11-23(14-16(19(25)27-5-2)20(26)28-6-3)15-8-9-18-17(13-15)24-12-7-10-22-21(24)29-18/h4,8-9,13-14H,1,5-7,10-12H2,2-3H3. The van der Waals surface area contributed by atoms with Gasteiger partial charge in [-0.2, -0.15) is 0 Å². The fourth-order valence-corrected chi connectivity index (χ4v) is 4.17. The molecule has 0 atom stereocenters. The van der Waals surface area contributed by atoms with Crippen LogP contribution in [0.4, 0.5) is 11.4 Å². The molecule has 2 aliphatic rings. The van der Waals surface area contributed by atoms with Crippen molar-refractivity contribution in [1.29, 1.82) is 0 Å². The third-order valence-electron chi connectivity index (χ3n) is 4.39. The van der Waals surface area contributed by atoms with Crippen molar-refractivity contribution in [3.63, 3.8) is 0 Å². The lowest BCUT2D eigenvalue weighted by atomic mass is 10.2. The maximum Gasteiger partial charge on any atom is 0.347 e. The number of esters is 2. The van der Waals surface area contributed by atoms with Crippen LogP contribution in [0, 0.1) is 0 Å². The molecular weight excluding hydrogens is 390 g/mol. The molecule has 0 N–H and O–H groups in total. The van der Waals surface area contributed by atoms with Gasteiger partial charge in [-0.15, -0.1) is 6.58 Å². The molecular formula is C21H25N3O4S. The number of rotatable bonds is 8. The summed E-state index contributed by atoms with van der Waals surface area (Å²) in [7, 11) is 0. The molecule has 0 unspecified atom stereocenters. The molecule has 0 radical (unpaired) electrons.